The average Bonchev–Trinajstić information content (AvgIpc) is 3.20. The van der Waals surface area contributed by atoms with E-state index in [1.54, 1.807) is 6.07 Å². The van der Waals surface area contributed by atoms with Crippen LogP contribution in [0.25, 0.3) is 0 Å². The van der Waals surface area contributed by atoms with Gasteiger partial charge in [-0.1, -0.05) is 12.1 Å². The molecule has 2 aliphatic rings. The lowest BCUT2D eigenvalue weighted by atomic mass is 10.0. The molecule has 10 heteroatoms. The first-order chi connectivity index (χ1) is 14.0. The zero-order valence-electron chi connectivity index (χ0n) is 17.6. The van der Waals surface area contributed by atoms with E-state index in [0.717, 1.165) is 38.1 Å². The molecule has 2 fully saturated rings. The summed E-state index contributed by atoms with van der Waals surface area (Å²) in [5, 5.41) is 7.07. The molecule has 0 radical (unpaired) electrons. The molecular weight excluding hydrogens is 392 g/mol. The van der Waals surface area contributed by atoms with E-state index in [1.165, 1.54) is 30.0 Å². The topological polar surface area (TPSA) is 94.3 Å². The minimum atomic E-state index is -3.39. The highest BCUT2D eigenvalue weighted by Gasteiger charge is 2.29. The molecule has 0 aromatic carbocycles. The van der Waals surface area contributed by atoms with Crippen LogP contribution in [-0.4, -0.2) is 92.5 Å². The number of aliphatic imine (C=N–C) groups is 1. The molecule has 1 atom stereocenters. The summed E-state index contributed by atoms with van der Waals surface area (Å²) in [7, 11) is -3.39. The fourth-order valence-electron chi connectivity index (χ4n) is 3.98. The number of hydrogen-bond donors (Lipinski definition) is 1. The van der Waals surface area contributed by atoms with Crippen LogP contribution in [-0.2, 0) is 15.8 Å². The van der Waals surface area contributed by atoms with Crippen LogP contribution in [0.15, 0.2) is 21.8 Å². The molecular formula is C19H34N6O3S. The highest BCUT2D eigenvalue weighted by molar-refractivity contribution is 7.88. The van der Waals surface area contributed by atoms with Crippen LogP contribution in [0.3, 0.4) is 0 Å². The van der Waals surface area contributed by atoms with E-state index in [4.69, 9.17) is 9.52 Å². The number of rotatable bonds is 7. The van der Waals surface area contributed by atoms with Crippen molar-refractivity contribution in [1.29, 1.82) is 0 Å². The van der Waals surface area contributed by atoms with Gasteiger partial charge >= 0.3 is 0 Å². The maximum atomic E-state index is 12.6. The van der Waals surface area contributed by atoms with Crippen molar-refractivity contribution in [2.24, 2.45) is 10.9 Å². The van der Waals surface area contributed by atoms with Crippen molar-refractivity contribution in [1.82, 2.24) is 24.6 Å². The maximum Gasteiger partial charge on any atom is 0.220 e. The van der Waals surface area contributed by atoms with Crippen LogP contribution in [0.1, 0.15) is 32.4 Å². The Hall–Kier alpha value is -1.65. The highest BCUT2D eigenvalue weighted by Crippen LogP contribution is 2.15. The number of sulfonamides is 1. The van der Waals surface area contributed by atoms with Gasteiger partial charge in [0.05, 0.1) is 12.2 Å². The van der Waals surface area contributed by atoms with Crippen molar-refractivity contribution in [3.63, 3.8) is 0 Å². The molecule has 0 bridgehead atoms. The molecule has 1 unspecified atom stereocenters. The summed E-state index contributed by atoms with van der Waals surface area (Å²) < 4.78 is 31.5. The van der Waals surface area contributed by atoms with Gasteiger partial charge in [0.25, 0.3) is 0 Å². The second-order valence-corrected chi connectivity index (χ2v) is 9.89. The molecule has 1 N–H and O–H groups in total. The Morgan fingerprint density at radius 1 is 1.31 bits per heavy atom. The van der Waals surface area contributed by atoms with E-state index < -0.39 is 10.0 Å². The Bertz CT molecular complexity index is 744. The van der Waals surface area contributed by atoms with Gasteiger partial charge < -0.3 is 19.6 Å². The standard InChI is InChI=1S/C19H34N6O3S/c1-3-20-19(21-7-9-23-8-4-5-17(2)15-23)24-10-12-25(13-11-24)29(26,27)16-18-6-14-28-22-18/h6,14,17H,3-5,7-13,15-16H2,1-2H3,(H,20,21). The lowest BCUT2D eigenvalue weighted by molar-refractivity contribution is 0.188. The number of aromatic nitrogens is 1. The van der Waals surface area contributed by atoms with Gasteiger partial charge in [0.2, 0.25) is 10.0 Å². The maximum absolute atomic E-state index is 12.6. The van der Waals surface area contributed by atoms with Gasteiger partial charge in [0, 0.05) is 51.9 Å². The minimum absolute atomic E-state index is 0.119. The summed E-state index contributed by atoms with van der Waals surface area (Å²) in [5.41, 5.74) is 0.439. The SMILES string of the molecule is CCNC(=NCCN1CCCC(C)C1)N1CCN(S(=O)(=O)Cc2ccon2)CC1. The van der Waals surface area contributed by atoms with Crippen LogP contribution in [0.5, 0.6) is 0 Å². The number of hydrogen-bond acceptors (Lipinski definition) is 6. The van der Waals surface area contributed by atoms with Crippen molar-refractivity contribution in [3.05, 3.63) is 18.0 Å². The Morgan fingerprint density at radius 2 is 2.10 bits per heavy atom. The molecule has 164 valence electrons. The van der Waals surface area contributed by atoms with Gasteiger partial charge in [-0.05, 0) is 32.2 Å². The summed E-state index contributed by atoms with van der Waals surface area (Å²) in [5.74, 6) is 1.53. The van der Waals surface area contributed by atoms with Crippen LogP contribution in [0, 0.1) is 5.92 Å². The van der Waals surface area contributed by atoms with Gasteiger partial charge in [-0.2, -0.15) is 4.31 Å². The molecule has 2 aliphatic heterocycles. The fourth-order valence-corrected chi connectivity index (χ4v) is 5.41. The van der Waals surface area contributed by atoms with E-state index in [-0.39, 0.29) is 5.75 Å². The van der Waals surface area contributed by atoms with Crippen LogP contribution >= 0.6 is 0 Å². The zero-order valence-corrected chi connectivity index (χ0v) is 18.4. The molecule has 9 nitrogen and oxygen atoms in total. The Labute approximate surface area is 174 Å². The van der Waals surface area contributed by atoms with E-state index in [9.17, 15) is 8.42 Å². The summed E-state index contributed by atoms with van der Waals surface area (Å²) in [6.07, 6.45) is 3.99. The van der Waals surface area contributed by atoms with E-state index in [1.807, 2.05) is 0 Å². The van der Waals surface area contributed by atoms with Crippen molar-refractivity contribution < 1.29 is 12.9 Å². The number of likely N-dealkylation sites (tertiary alicyclic amines) is 1. The van der Waals surface area contributed by atoms with Crippen molar-refractivity contribution >= 4 is 16.0 Å². The van der Waals surface area contributed by atoms with Gasteiger partial charge in [0.1, 0.15) is 12.0 Å². The van der Waals surface area contributed by atoms with Gasteiger partial charge in [0.15, 0.2) is 5.96 Å². The van der Waals surface area contributed by atoms with Crippen LogP contribution in [0.2, 0.25) is 0 Å². The third kappa shape index (κ3) is 6.42. The molecule has 1 aromatic heterocycles. The first-order valence-electron chi connectivity index (χ1n) is 10.6. The zero-order chi connectivity index (χ0) is 20.7. The number of guanidine groups is 1. The highest BCUT2D eigenvalue weighted by atomic mass is 32.2. The number of piperazine rings is 1. The van der Waals surface area contributed by atoms with Gasteiger partial charge in [-0.15, -0.1) is 0 Å². The smallest absolute Gasteiger partial charge is 0.220 e. The number of nitrogens with zero attached hydrogens (tertiary/aromatic N) is 5. The second kappa shape index (κ2) is 10.4. The summed E-state index contributed by atoms with van der Waals surface area (Å²) >= 11 is 0. The first kappa shape index (κ1) is 22.0. The Morgan fingerprint density at radius 3 is 2.76 bits per heavy atom. The molecule has 0 saturated carbocycles. The molecule has 29 heavy (non-hydrogen) atoms. The van der Waals surface area contributed by atoms with E-state index in [0.29, 0.717) is 31.9 Å². The van der Waals surface area contributed by atoms with Crippen molar-refractivity contribution in [3.8, 4) is 0 Å². The van der Waals surface area contributed by atoms with E-state index in [2.05, 4.69) is 34.1 Å². The molecule has 3 heterocycles. The Kier molecular flexibility index (Phi) is 7.91. The summed E-state index contributed by atoms with van der Waals surface area (Å²) in [6, 6.07) is 1.59. The monoisotopic (exact) mass is 426 g/mol. The average molecular weight is 427 g/mol. The normalized spacial score (nSPS) is 22.8. The van der Waals surface area contributed by atoms with Gasteiger partial charge in [-0.3, -0.25) is 4.99 Å². The van der Waals surface area contributed by atoms with E-state index >= 15 is 0 Å². The third-order valence-corrected chi connectivity index (χ3v) is 7.32. The quantitative estimate of drug-likeness (QED) is 0.509. The molecule has 3 rings (SSSR count). The van der Waals surface area contributed by atoms with Gasteiger partial charge in [-0.25, -0.2) is 8.42 Å². The molecule has 0 amide bonds. The molecule has 0 aliphatic carbocycles. The largest absolute Gasteiger partial charge is 0.364 e. The molecule has 0 spiro atoms. The molecule has 2 saturated heterocycles. The lowest BCUT2D eigenvalue weighted by Crippen LogP contribution is -2.54. The predicted octanol–water partition coefficient (Wildman–Crippen LogP) is 0.819. The predicted molar refractivity (Wildman–Crippen MR) is 113 cm³/mol. The number of nitrogens with one attached hydrogen (secondary N) is 1. The molecule has 1 aromatic rings. The lowest BCUT2D eigenvalue weighted by Gasteiger charge is -2.36. The third-order valence-electron chi connectivity index (χ3n) is 5.51. The number of piperidine rings is 1. The van der Waals surface area contributed by atoms with Crippen LogP contribution < -0.4 is 5.32 Å². The second-order valence-electron chi connectivity index (χ2n) is 7.92. The minimum Gasteiger partial charge on any atom is -0.364 e. The summed E-state index contributed by atoms with van der Waals surface area (Å²) in [6.45, 7) is 11.4. The summed E-state index contributed by atoms with van der Waals surface area (Å²) in [4.78, 5) is 9.46. The van der Waals surface area contributed by atoms with Crippen LogP contribution in [0.4, 0.5) is 0 Å². The first-order valence-corrected chi connectivity index (χ1v) is 12.2. The van der Waals surface area contributed by atoms with Crippen molar-refractivity contribution in [2.45, 2.75) is 32.4 Å². The van der Waals surface area contributed by atoms with Crippen molar-refractivity contribution in [2.75, 3.05) is 58.9 Å². The Balaban J connectivity index is 1.51. The fraction of sp³-hybridized carbons (Fsp3) is 0.789.